The van der Waals surface area contributed by atoms with Gasteiger partial charge in [-0.15, -0.1) is 0 Å². The van der Waals surface area contributed by atoms with Crippen LogP contribution in [0, 0.1) is 5.92 Å². The zero-order valence-corrected chi connectivity index (χ0v) is 9.35. The first kappa shape index (κ1) is 13.4. The Morgan fingerprint density at radius 3 is 2.94 bits per heavy atom. The number of amides is 1. The minimum Gasteiger partial charge on any atom is -0.394 e. The van der Waals surface area contributed by atoms with Crippen LogP contribution < -0.4 is 11.1 Å². The highest BCUT2D eigenvalue weighted by molar-refractivity contribution is 5.79. The highest BCUT2D eigenvalue weighted by Gasteiger charge is 2.30. The van der Waals surface area contributed by atoms with E-state index in [2.05, 4.69) is 5.32 Å². The number of aliphatic hydroxyl groups excluding tert-OH is 1. The molecule has 16 heavy (non-hydrogen) atoms. The minimum atomic E-state index is -0.224. The van der Waals surface area contributed by atoms with E-state index in [1.165, 1.54) is 0 Å². The van der Waals surface area contributed by atoms with Gasteiger partial charge in [0.25, 0.3) is 0 Å². The summed E-state index contributed by atoms with van der Waals surface area (Å²) in [5.74, 6) is -0.273. The summed E-state index contributed by atoms with van der Waals surface area (Å²) in [6, 6.07) is -0.189. The van der Waals surface area contributed by atoms with Gasteiger partial charge in [0.15, 0.2) is 0 Å². The van der Waals surface area contributed by atoms with Gasteiger partial charge < -0.3 is 25.6 Å². The van der Waals surface area contributed by atoms with Gasteiger partial charge in [-0.2, -0.15) is 0 Å². The Morgan fingerprint density at radius 1 is 1.50 bits per heavy atom. The molecule has 0 radical (unpaired) electrons. The van der Waals surface area contributed by atoms with Gasteiger partial charge in [-0.25, -0.2) is 0 Å². The van der Waals surface area contributed by atoms with Crippen molar-refractivity contribution < 1.29 is 19.4 Å². The summed E-state index contributed by atoms with van der Waals surface area (Å²) in [4.78, 5) is 11.6. The molecule has 0 saturated carbocycles. The summed E-state index contributed by atoms with van der Waals surface area (Å²) in [6.07, 6.45) is 0.731. The van der Waals surface area contributed by atoms with Gasteiger partial charge in [-0.1, -0.05) is 0 Å². The van der Waals surface area contributed by atoms with Gasteiger partial charge in [0, 0.05) is 19.2 Å². The Balaban J connectivity index is 2.02. The Hall–Kier alpha value is -0.690. The van der Waals surface area contributed by atoms with Gasteiger partial charge in [-0.3, -0.25) is 4.79 Å². The van der Waals surface area contributed by atoms with E-state index < -0.39 is 0 Å². The van der Waals surface area contributed by atoms with Crippen molar-refractivity contribution in [3.05, 3.63) is 0 Å². The molecule has 4 N–H and O–H groups in total. The Labute approximate surface area is 95.1 Å². The second-order valence-corrected chi connectivity index (χ2v) is 3.79. The maximum Gasteiger partial charge on any atom is 0.227 e. The molecule has 0 aromatic carbocycles. The molecule has 0 spiro atoms. The van der Waals surface area contributed by atoms with E-state index in [9.17, 15) is 4.79 Å². The predicted molar refractivity (Wildman–Crippen MR) is 57.8 cm³/mol. The molecule has 1 amide bonds. The Kier molecular flexibility index (Phi) is 6.32. The van der Waals surface area contributed by atoms with E-state index in [0.717, 1.165) is 6.42 Å². The molecule has 0 aromatic heterocycles. The average Bonchev–Trinajstić information content (AvgIpc) is 2.69. The minimum absolute atomic E-state index is 0.0284. The highest BCUT2D eigenvalue weighted by Crippen LogP contribution is 2.11. The smallest absolute Gasteiger partial charge is 0.227 e. The number of nitrogens with one attached hydrogen (secondary N) is 1. The Bertz CT molecular complexity index is 213. The molecular formula is C10H20N2O4. The molecule has 0 bridgehead atoms. The highest BCUT2D eigenvalue weighted by atomic mass is 16.5. The molecule has 1 aliphatic rings. The lowest BCUT2D eigenvalue weighted by Crippen LogP contribution is -2.41. The van der Waals surface area contributed by atoms with Crippen LogP contribution in [-0.2, 0) is 14.3 Å². The van der Waals surface area contributed by atoms with Gasteiger partial charge in [0.2, 0.25) is 5.91 Å². The van der Waals surface area contributed by atoms with E-state index >= 15 is 0 Å². The molecule has 1 rings (SSSR count). The third kappa shape index (κ3) is 4.44. The van der Waals surface area contributed by atoms with Crippen molar-refractivity contribution in [2.75, 3.05) is 39.6 Å². The van der Waals surface area contributed by atoms with Crippen molar-refractivity contribution in [1.82, 2.24) is 5.32 Å². The molecule has 1 saturated heterocycles. The van der Waals surface area contributed by atoms with Gasteiger partial charge in [0.1, 0.15) is 0 Å². The number of hydrogen-bond donors (Lipinski definition) is 3. The van der Waals surface area contributed by atoms with Gasteiger partial charge in [-0.05, 0) is 6.42 Å². The third-order valence-electron chi connectivity index (χ3n) is 2.46. The maximum atomic E-state index is 11.6. The number of aliphatic hydroxyl groups is 1. The van der Waals surface area contributed by atoms with Crippen molar-refractivity contribution in [3.8, 4) is 0 Å². The van der Waals surface area contributed by atoms with Crippen LogP contribution >= 0.6 is 0 Å². The molecule has 1 aliphatic heterocycles. The van der Waals surface area contributed by atoms with E-state index in [4.69, 9.17) is 20.3 Å². The normalized spacial score (nSPS) is 24.6. The van der Waals surface area contributed by atoms with Crippen LogP contribution in [0.1, 0.15) is 6.42 Å². The molecular weight excluding hydrogens is 212 g/mol. The molecule has 1 heterocycles. The van der Waals surface area contributed by atoms with Crippen LogP contribution in [0.2, 0.25) is 0 Å². The fourth-order valence-corrected chi connectivity index (χ4v) is 1.52. The number of nitrogens with two attached hydrogens (primary N) is 1. The molecule has 2 atom stereocenters. The number of rotatable bonds is 7. The van der Waals surface area contributed by atoms with Crippen molar-refractivity contribution in [1.29, 1.82) is 0 Å². The molecule has 0 aliphatic carbocycles. The topological polar surface area (TPSA) is 93.8 Å². The van der Waals surface area contributed by atoms with Crippen LogP contribution in [0.25, 0.3) is 0 Å². The SMILES string of the molecule is NC1COCC1C(=O)NCCCOCCO. The van der Waals surface area contributed by atoms with Crippen LogP contribution in [0.15, 0.2) is 0 Å². The van der Waals surface area contributed by atoms with Gasteiger partial charge >= 0.3 is 0 Å². The lowest BCUT2D eigenvalue weighted by molar-refractivity contribution is -0.125. The van der Waals surface area contributed by atoms with Gasteiger partial charge in [0.05, 0.1) is 32.3 Å². The number of hydrogen-bond acceptors (Lipinski definition) is 5. The summed E-state index contributed by atoms with van der Waals surface area (Å²) >= 11 is 0. The Morgan fingerprint density at radius 2 is 2.31 bits per heavy atom. The lowest BCUT2D eigenvalue weighted by atomic mass is 10.0. The first-order chi connectivity index (χ1) is 7.75. The van der Waals surface area contributed by atoms with Crippen LogP contribution in [0.3, 0.4) is 0 Å². The van der Waals surface area contributed by atoms with Crippen molar-refractivity contribution in [2.45, 2.75) is 12.5 Å². The molecule has 94 valence electrons. The molecule has 2 unspecified atom stereocenters. The fourth-order valence-electron chi connectivity index (χ4n) is 1.52. The van der Waals surface area contributed by atoms with E-state index in [0.29, 0.717) is 33.0 Å². The van der Waals surface area contributed by atoms with E-state index in [1.807, 2.05) is 0 Å². The summed E-state index contributed by atoms with van der Waals surface area (Å²) in [6.45, 7) is 2.34. The molecule has 0 aromatic rings. The number of carbonyl (C=O) groups is 1. The third-order valence-corrected chi connectivity index (χ3v) is 2.46. The van der Waals surface area contributed by atoms with Crippen LogP contribution in [0.5, 0.6) is 0 Å². The average molecular weight is 232 g/mol. The molecule has 6 heteroatoms. The second kappa shape index (κ2) is 7.56. The zero-order valence-electron chi connectivity index (χ0n) is 9.35. The largest absolute Gasteiger partial charge is 0.394 e. The number of carbonyl (C=O) groups excluding carboxylic acids is 1. The quantitative estimate of drug-likeness (QED) is 0.463. The van der Waals surface area contributed by atoms with Crippen LogP contribution in [0.4, 0.5) is 0 Å². The van der Waals surface area contributed by atoms with Crippen molar-refractivity contribution >= 4 is 5.91 Å². The first-order valence-corrected chi connectivity index (χ1v) is 5.55. The molecule has 6 nitrogen and oxygen atoms in total. The summed E-state index contributed by atoms with van der Waals surface area (Å²) < 4.78 is 10.2. The fraction of sp³-hybridized carbons (Fsp3) is 0.900. The molecule has 1 fully saturated rings. The standard InChI is InChI=1S/C10H20N2O4/c11-9-7-16-6-8(9)10(14)12-2-1-4-15-5-3-13/h8-9,13H,1-7,11H2,(H,12,14). The zero-order chi connectivity index (χ0) is 11.8. The second-order valence-electron chi connectivity index (χ2n) is 3.79. The summed E-state index contributed by atoms with van der Waals surface area (Å²) in [7, 11) is 0. The van der Waals surface area contributed by atoms with E-state index in [-0.39, 0.29) is 24.5 Å². The number of ether oxygens (including phenoxy) is 2. The van der Waals surface area contributed by atoms with Crippen molar-refractivity contribution in [3.63, 3.8) is 0 Å². The predicted octanol–water partition coefficient (Wildman–Crippen LogP) is -1.52. The maximum absolute atomic E-state index is 11.6. The first-order valence-electron chi connectivity index (χ1n) is 5.55. The van der Waals surface area contributed by atoms with Crippen molar-refractivity contribution in [2.24, 2.45) is 11.7 Å². The van der Waals surface area contributed by atoms with Crippen LogP contribution in [-0.4, -0.2) is 56.6 Å². The lowest BCUT2D eigenvalue weighted by Gasteiger charge is -2.13. The monoisotopic (exact) mass is 232 g/mol. The van der Waals surface area contributed by atoms with E-state index in [1.54, 1.807) is 0 Å². The summed E-state index contributed by atoms with van der Waals surface area (Å²) in [5, 5.41) is 11.3. The summed E-state index contributed by atoms with van der Waals surface area (Å²) in [5.41, 5.74) is 5.71.